The highest BCUT2D eigenvalue weighted by molar-refractivity contribution is 5.99. The number of aromatic carboxylic acids is 1. The summed E-state index contributed by atoms with van der Waals surface area (Å²) in [6.45, 7) is 2.31. The van der Waals surface area contributed by atoms with Crippen LogP contribution in [-0.2, 0) is 16.1 Å². The van der Waals surface area contributed by atoms with Gasteiger partial charge in [0.1, 0.15) is 6.54 Å². The number of nitriles is 1. The van der Waals surface area contributed by atoms with Gasteiger partial charge in [-0.05, 0) is 65.3 Å². The fraction of sp³-hybridized carbons (Fsp3) is 0.324. The quantitative estimate of drug-likeness (QED) is 0.299. The van der Waals surface area contributed by atoms with E-state index in [2.05, 4.69) is 34.9 Å². The molecule has 0 unspecified atom stereocenters. The zero-order valence-electron chi connectivity index (χ0n) is 23.0. The predicted octanol–water partition coefficient (Wildman–Crippen LogP) is 6.45. The maximum absolute atomic E-state index is 13.6. The van der Waals surface area contributed by atoms with Crippen molar-refractivity contribution in [3.63, 3.8) is 0 Å². The minimum absolute atomic E-state index is 0.0107. The third-order valence-electron chi connectivity index (χ3n) is 8.53. The maximum atomic E-state index is 13.6. The molecule has 1 aromatic heterocycles. The first kappa shape index (κ1) is 26.8. The molecular formula is C34H33N3O4. The smallest absolute Gasteiger partial charge is 0.335 e. The molecule has 2 aliphatic rings. The lowest BCUT2D eigenvalue weighted by atomic mass is 9.81. The number of amides is 1. The summed E-state index contributed by atoms with van der Waals surface area (Å²) in [5, 5.41) is 20.0. The van der Waals surface area contributed by atoms with Crippen molar-refractivity contribution in [3.8, 4) is 28.5 Å². The van der Waals surface area contributed by atoms with Gasteiger partial charge >= 0.3 is 5.97 Å². The van der Waals surface area contributed by atoms with Gasteiger partial charge in [-0.25, -0.2) is 4.79 Å². The first-order valence-corrected chi connectivity index (χ1v) is 14.4. The fourth-order valence-corrected chi connectivity index (χ4v) is 6.40. The second-order valence-electron chi connectivity index (χ2n) is 11.0. The molecule has 208 valence electrons. The van der Waals surface area contributed by atoms with Crippen LogP contribution in [0, 0.1) is 11.3 Å². The van der Waals surface area contributed by atoms with E-state index < -0.39 is 5.97 Å². The molecule has 2 fully saturated rings. The van der Waals surface area contributed by atoms with Gasteiger partial charge in [0.15, 0.2) is 0 Å². The van der Waals surface area contributed by atoms with Crippen molar-refractivity contribution in [2.45, 2.75) is 44.6 Å². The summed E-state index contributed by atoms with van der Waals surface area (Å²) in [7, 11) is 0. The highest BCUT2D eigenvalue weighted by atomic mass is 16.5. The lowest BCUT2D eigenvalue weighted by Gasteiger charge is -2.28. The van der Waals surface area contributed by atoms with E-state index in [-0.39, 0.29) is 18.0 Å². The molecule has 0 radical (unpaired) electrons. The van der Waals surface area contributed by atoms with Crippen LogP contribution >= 0.6 is 0 Å². The number of hydrogen-bond donors (Lipinski definition) is 1. The van der Waals surface area contributed by atoms with E-state index in [9.17, 15) is 14.7 Å². The lowest BCUT2D eigenvalue weighted by Crippen LogP contribution is -2.42. The summed E-state index contributed by atoms with van der Waals surface area (Å²) in [4.78, 5) is 27.4. The number of carboxylic acids is 1. The number of carboxylic acid groups (broad SMARTS) is 1. The molecule has 0 bridgehead atoms. The van der Waals surface area contributed by atoms with Crippen LogP contribution in [0.1, 0.15) is 59.5 Å². The summed E-state index contributed by atoms with van der Waals surface area (Å²) >= 11 is 0. The summed E-state index contributed by atoms with van der Waals surface area (Å²) in [5.74, 6) is -0.627. The number of benzene rings is 3. The Morgan fingerprint density at radius 2 is 1.51 bits per heavy atom. The SMILES string of the molecule is N#Cc1ccc(-c2ccc(-c3c(C4CCCCC4)c4ccc(C(=O)O)cc4n3CC(=O)N3CCOCC3)cc2)cc1. The number of ether oxygens (including phenoxy) is 1. The van der Waals surface area contributed by atoms with Crippen molar-refractivity contribution in [2.24, 2.45) is 0 Å². The van der Waals surface area contributed by atoms with Crippen molar-refractivity contribution in [1.29, 1.82) is 5.26 Å². The van der Waals surface area contributed by atoms with Gasteiger partial charge in [0.25, 0.3) is 0 Å². The number of morpholine rings is 1. The monoisotopic (exact) mass is 547 g/mol. The molecule has 0 spiro atoms. The molecule has 2 heterocycles. The van der Waals surface area contributed by atoms with Crippen molar-refractivity contribution in [3.05, 3.63) is 83.4 Å². The molecule has 6 rings (SSSR count). The summed E-state index contributed by atoms with van der Waals surface area (Å²) < 4.78 is 7.52. The minimum Gasteiger partial charge on any atom is -0.478 e. The Morgan fingerprint density at radius 3 is 2.15 bits per heavy atom. The van der Waals surface area contributed by atoms with Crippen LogP contribution in [0.3, 0.4) is 0 Å². The van der Waals surface area contributed by atoms with E-state index in [1.54, 1.807) is 12.1 Å². The maximum Gasteiger partial charge on any atom is 0.335 e. The van der Waals surface area contributed by atoms with E-state index in [4.69, 9.17) is 10.00 Å². The topological polar surface area (TPSA) is 95.6 Å². The zero-order chi connectivity index (χ0) is 28.3. The molecule has 1 amide bonds. The Morgan fingerprint density at radius 1 is 0.878 bits per heavy atom. The Kier molecular flexibility index (Phi) is 7.58. The van der Waals surface area contributed by atoms with Crippen LogP contribution in [0.2, 0.25) is 0 Å². The van der Waals surface area contributed by atoms with Gasteiger partial charge < -0.3 is 19.3 Å². The fourth-order valence-electron chi connectivity index (χ4n) is 6.40. The first-order valence-electron chi connectivity index (χ1n) is 14.4. The normalized spacial score (nSPS) is 16.0. The van der Waals surface area contributed by atoms with Crippen molar-refractivity contribution >= 4 is 22.8 Å². The van der Waals surface area contributed by atoms with Crippen molar-refractivity contribution in [2.75, 3.05) is 26.3 Å². The number of carbonyl (C=O) groups is 2. The van der Waals surface area contributed by atoms with Gasteiger partial charge in [-0.15, -0.1) is 0 Å². The zero-order valence-corrected chi connectivity index (χ0v) is 23.0. The Balaban J connectivity index is 1.51. The lowest BCUT2D eigenvalue weighted by molar-refractivity contribution is -0.135. The van der Waals surface area contributed by atoms with Crippen LogP contribution in [0.15, 0.2) is 66.7 Å². The molecule has 1 N–H and O–H groups in total. The molecule has 1 saturated carbocycles. The van der Waals surface area contributed by atoms with Crippen molar-refractivity contribution < 1.29 is 19.4 Å². The number of nitrogens with zero attached hydrogens (tertiary/aromatic N) is 3. The van der Waals surface area contributed by atoms with Crippen LogP contribution in [-0.4, -0.2) is 52.8 Å². The minimum atomic E-state index is -0.980. The van der Waals surface area contributed by atoms with Crippen LogP contribution < -0.4 is 0 Å². The standard InChI is InChI=1S/C34H33N3O4/c35-21-23-6-8-24(9-7-23)25-10-12-27(13-11-25)33-32(26-4-2-1-3-5-26)29-15-14-28(34(39)40)20-30(29)37(33)22-31(38)36-16-18-41-19-17-36/h6-15,20,26H,1-5,16-19,22H2,(H,39,40). The van der Waals surface area contributed by atoms with Gasteiger partial charge in [-0.1, -0.05) is 61.7 Å². The molecule has 7 nitrogen and oxygen atoms in total. The molecule has 41 heavy (non-hydrogen) atoms. The van der Waals surface area contributed by atoms with Gasteiger partial charge in [-0.3, -0.25) is 4.79 Å². The average molecular weight is 548 g/mol. The Hall–Kier alpha value is -4.41. The van der Waals surface area contributed by atoms with E-state index in [1.807, 2.05) is 35.2 Å². The number of carbonyl (C=O) groups excluding carboxylic acids is 1. The van der Waals surface area contributed by atoms with E-state index >= 15 is 0 Å². The van der Waals surface area contributed by atoms with Gasteiger partial charge in [-0.2, -0.15) is 5.26 Å². The molecule has 0 atom stereocenters. The molecule has 4 aromatic rings. The highest BCUT2D eigenvalue weighted by Crippen LogP contribution is 2.44. The summed E-state index contributed by atoms with van der Waals surface area (Å²) in [6, 6.07) is 23.4. The van der Waals surface area contributed by atoms with Crippen LogP contribution in [0.4, 0.5) is 0 Å². The second-order valence-corrected chi connectivity index (χ2v) is 11.0. The molecule has 1 saturated heterocycles. The third-order valence-corrected chi connectivity index (χ3v) is 8.53. The molecule has 1 aliphatic heterocycles. The first-order chi connectivity index (χ1) is 20.0. The molecule has 1 aliphatic carbocycles. The second kappa shape index (κ2) is 11.6. The molecular weight excluding hydrogens is 514 g/mol. The number of rotatable bonds is 6. The van der Waals surface area contributed by atoms with Crippen molar-refractivity contribution in [1.82, 2.24) is 9.47 Å². The van der Waals surface area contributed by atoms with Crippen LogP contribution in [0.5, 0.6) is 0 Å². The summed E-state index contributed by atoms with van der Waals surface area (Å²) in [5.41, 5.74) is 6.92. The van der Waals surface area contributed by atoms with E-state index in [1.165, 1.54) is 12.0 Å². The van der Waals surface area contributed by atoms with Gasteiger partial charge in [0.05, 0.1) is 41.6 Å². The summed E-state index contributed by atoms with van der Waals surface area (Å²) in [6.07, 6.45) is 5.70. The number of fused-ring (bicyclic) bond motifs is 1. The van der Waals surface area contributed by atoms with E-state index in [0.717, 1.165) is 59.0 Å². The number of hydrogen-bond acceptors (Lipinski definition) is 4. The highest BCUT2D eigenvalue weighted by Gasteiger charge is 2.29. The average Bonchev–Trinajstić information content (AvgIpc) is 3.35. The Labute approximate surface area is 239 Å². The van der Waals surface area contributed by atoms with Gasteiger partial charge in [0.2, 0.25) is 5.91 Å². The van der Waals surface area contributed by atoms with Gasteiger partial charge in [0, 0.05) is 18.5 Å². The van der Waals surface area contributed by atoms with Crippen LogP contribution in [0.25, 0.3) is 33.3 Å². The third kappa shape index (κ3) is 5.36. The predicted molar refractivity (Wildman–Crippen MR) is 158 cm³/mol. The largest absolute Gasteiger partial charge is 0.478 e. The molecule has 3 aromatic carbocycles. The van der Waals surface area contributed by atoms with E-state index in [0.29, 0.717) is 37.8 Å². The molecule has 7 heteroatoms. The Bertz CT molecular complexity index is 1620. The number of aromatic nitrogens is 1.